The second-order valence-electron chi connectivity index (χ2n) is 8.74. The van der Waals surface area contributed by atoms with Crippen LogP contribution in [0.15, 0.2) is 66.7 Å². The lowest BCUT2D eigenvalue weighted by Crippen LogP contribution is -2.39. The Morgan fingerprint density at radius 2 is 1.73 bits per heavy atom. The standard InChI is InChI=1S/C28H31NO4/c1-19-14-20(2)16-23(15-19)27(29-13-7-10-24(29)28(30)31)22-11-12-25(26(17-22)32-3)33-18-21-8-5-4-6-9-21/h4-6,8-9,11-12,14-17,24,27H,7,10,13,18H2,1-3H3,(H,30,31). The highest BCUT2D eigenvalue weighted by atomic mass is 16.5. The van der Waals surface area contributed by atoms with E-state index in [0.29, 0.717) is 24.5 Å². The lowest BCUT2D eigenvalue weighted by Gasteiger charge is -2.32. The van der Waals surface area contributed by atoms with Gasteiger partial charge in [-0.3, -0.25) is 9.69 Å². The molecule has 1 N–H and O–H groups in total. The Morgan fingerprint density at radius 3 is 2.39 bits per heavy atom. The minimum Gasteiger partial charge on any atom is -0.493 e. The van der Waals surface area contributed by atoms with E-state index >= 15 is 0 Å². The van der Waals surface area contributed by atoms with E-state index in [4.69, 9.17) is 9.47 Å². The molecule has 1 aliphatic rings. The number of hydrogen-bond donors (Lipinski definition) is 1. The van der Waals surface area contributed by atoms with E-state index in [0.717, 1.165) is 40.8 Å². The maximum absolute atomic E-state index is 12.0. The molecular formula is C28H31NO4. The average Bonchev–Trinajstić information content (AvgIpc) is 3.28. The van der Waals surface area contributed by atoms with Gasteiger partial charge in [0.25, 0.3) is 0 Å². The van der Waals surface area contributed by atoms with Gasteiger partial charge in [-0.15, -0.1) is 0 Å². The normalized spacial score (nSPS) is 17.0. The molecule has 0 aromatic heterocycles. The number of benzene rings is 3. The molecule has 5 nitrogen and oxygen atoms in total. The summed E-state index contributed by atoms with van der Waals surface area (Å²) in [5.74, 6) is 0.543. The van der Waals surface area contributed by atoms with Crippen LogP contribution in [0.4, 0.5) is 0 Å². The third-order valence-electron chi connectivity index (χ3n) is 6.21. The molecule has 0 bridgehead atoms. The zero-order valence-corrected chi connectivity index (χ0v) is 19.5. The summed E-state index contributed by atoms with van der Waals surface area (Å²) in [6.45, 7) is 5.34. The first kappa shape index (κ1) is 22.9. The Hall–Kier alpha value is -3.31. The Kier molecular flexibility index (Phi) is 6.99. The molecule has 0 aliphatic carbocycles. The van der Waals surface area contributed by atoms with Crippen LogP contribution >= 0.6 is 0 Å². The second-order valence-corrected chi connectivity index (χ2v) is 8.74. The predicted octanol–water partition coefficient (Wildman–Crippen LogP) is 5.53. The van der Waals surface area contributed by atoms with Gasteiger partial charge >= 0.3 is 5.97 Å². The van der Waals surface area contributed by atoms with Crippen LogP contribution in [-0.2, 0) is 11.4 Å². The molecule has 0 amide bonds. The molecule has 1 fully saturated rings. The number of rotatable bonds is 8. The van der Waals surface area contributed by atoms with Crippen molar-refractivity contribution in [3.8, 4) is 11.5 Å². The van der Waals surface area contributed by atoms with Gasteiger partial charge < -0.3 is 14.6 Å². The van der Waals surface area contributed by atoms with Crippen LogP contribution < -0.4 is 9.47 Å². The smallest absolute Gasteiger partial charge is 0.320 e. The summed E-state index contributed by atoms with van der Waals surface area (Å²) in [5, 5.41) is 9.87. The van der Waals surface area contributed by atoms with Crippen LogP contribution in [0.3, 0.4) is 0 Å². The van der Waals surface area contributed by atoms with Crippen LogP contribution in [0.1, 0.15) is 46.7 Å². The lowest BCUT2D eigenvalue weighted by molar-refractivity contribution is -0.142. The number of aliphatic carboxylic acids is 1. The molecule has 5 heteroatoms. The summed E-state index contributed by atoms with van der Waals surface area (Å²) in [5.41, 5.74) is 5.50. The van der Waals surface area contributed by atoms with Gasteiger partial charge in [-0.25, -0.2) is 0 Å². The van der Waals surface area contributed by atoms with Crippen LogP contribution in [-0.4, -0.2) is 35.7 Å². The van der Waals surface area contributed by atoms with Crippen LogP contribution in [0.25, 0.3) is 0 Å². The van der Waals surface area contributed by atoms with Gasteiger partial charge in [0.05, 0.1) is 13.2 Å². The minimum atomic E-state index is -0.767. The number of ether oxygens (including phenoxy) is 2. The van der Waals surface area contributed by atoms with Crippen LogP contribution in [0.2, 0.25) is 0 Å². The molecule has 0 radical (unpaired) electrons. The number of likely N-dealkylation sites (tertiary alicyclic amines) is 1. The number of carboxylic acid groups (broad SMARTS) is 1. The molecule has 3 aromatic carbocycles. The van der Waals surface area contributed by atoms with Crippen LogP contribution in [0.5, 0.6) is 11.5 Å². The SMILES string of the molecule is COc1cc(C(c2cc(C)cc(C)c2)N2CCCC2C(=O)O)ccc1OCc1ccccc1. The van der Waals surface area contributed by atoms with Crippen molar-refractivity contribution in [3.63, 3.8) is 0 Å². The number of carboxylic acids is 1. The Morgan fingerprint density at radius 1 is 1.00 bits per heavy atom. The lowest BCUT2D eigenvalue weighted by atomic mass is 9.93. The number of nitrogens with zero attached hydrogens (tertiary/aromatic N) is 1. The van der Waals surface area contributed by atoms with E-state index in [1.807, 2.05) is 48.5 Å². The molecular weight excluding hydrogens is 414 g/mol. The van der Waals surface area contributed by atoms with Gasteiger partial charge in [-0.1, -0.05) is 65.7 Å². The molecule has 0 saturated carbocycles. The molecule has 1 saturated heterocycles. The fourth-order valence-corrected chi connectivity index (χ4v) is 4.82. The number of hydrogen-bond acceptors (Lipinski definition) is 4. The van der Waals surface area contributed by atoms with Crippen molar-refractivity contribution in [2.24, 2.45) is 0 Å². The maximum Gasteiger partial charge on any atom is 0.320 e. The van der Waals surface area contributed by atoms with E-state index < -0.39 is 12.0 Å². The maximum atomic E-state index is 12.0. The monoisotopic (exact) mass is 445 g/mol. The second kappa shape index (κ2) is 10.1. The first-order valence-corrected chi connectivity index (χ1v) is 11.4. The third kappa shape index (κ3) is 5.20. The highest BCUT2D eigenvalue weighted by Gasteiger charge is 2.37. The van der Waals surface area contributed by atoms with Crippen molar-refractivity contribution in [2.45, 2.75) is 45.4 Å². The summed E-state index contributed by atoms with van der Waals surface area (Å²) >= 11 is 0. The fourth-order valence-electron chi connectivity index (χ4n) is 4.82. The third-order valence-corrected chi connectivity index (χ3v) is 6.21. The van der Waals surface area contributed by atoms with Crippen molar-refractivity contribution in [3.05, 3.63) is 94.5 Å². The van der Waals surface area contributed by atoms with E-state index in [9.17, 15) is 9.90 Å². The van der Waals surface area contributed by atoms with Gasteiger partial charge in [0.2, 0.25) is 0 Å². The van der Waals surface area contributed by atoms with Crippen molar-refractivity contribution >= 4 is 5.97 Å². The summed E-state index contributed by atoms with van der Waals surface area (Å²) in [6.07, 6.45) is 1.53. The molecule has 3 aromatic rings. The summed E-state index contributed by atoms with van der Waals surface area (Å²) < 4.78 is 11.7. The molecule has 2 unspecified atom stereocenters. The quantitative estimate of drug-likeness (QED) is 0.494. The van der Waals surface area contributed by atoms with Gasteiger partial charge in [0, 0.05) is 6.54 Å². The first-order valence-electron chi connectivity index (χ1n) is 11.4. The average molecular weight is 446 g/mol. The molecule has 1 aliphatic heterocycles. The highest BCUT2D eigenvalue weighted by molar-refractivity contribution is 5.74. The number of aryl methyl sites for hydroxylation is 2. The van der Waals surface area contributed by atoms with E-state index in [1.165, 1.54) is 0 Å². The fraction of sp³-hybridized carbons (Fsp3) is 0.321. The van der Waals surface area contributed by atoms with Crippen LogP contribution in [0, 0.1) is 13.8 Å². The topological polar surface area (TPSA) is 59.0 Å². The van der Waals surface area contributed by atoms with E-state index in [-0.39, 0.29) is 6.04 Å². The summed E-state index contributed by atoms with van der Waals surface area (Å²) in [4.78, 5) is 14.1. The molecule has 172 valence electrons. The number of methoxy groups -OCH3 is 1. The van der Waals surface area contributed by atoms with Gasteiger partial charge in [0.15, 0.2) is 11.5 Å². The predicted molar refractivity (Wildman–Crippen MR) is 129 cm³/mol. The van der Waals surface area contributed by atoms with Crippen molar-refractivity contribution in [1.82, 2.24) is 4.90 Å². The molecule has 33 heavy (non-hydrogen) atoms. The van der Waals surface area contributed by atoms with Crippen molar-refractivity contribution in [2.75, 3.05) is 13.7 Å². The Labute approximate surface area is 195 Å². The molecule has 1 heterocycles. The highest BCUT2D eigenvalue weighted by Crippen LogP contribution is 2.39. The zero-order chi connectivity index (χ0) is 23.4. The molecule has 4 rings (SSSR count). The Bertz CT molecular complexity index is 1090. The van der Waals surface area contributed by atoms with E-state index in [2.05, 4.69) is 36.9 Å². The largest absolute Gasteiger partial charge is 0.493 e. The first-order chi connectivity index (χ1) is 16.0. The van der Waals surface area contributed by atoms with Gasteiger partial charge in [-0.2, -0.15) is 0 Å². The molecule has 0 spiro atoms. The van der Waals surface area contributed by atoms with Gasteiger partial charge in [0.1, 0.15) is 12.6 Å². The summed E-state index contributed by atoms with van der Waals surface area (Å²) in [6, 6.07) is 21.7. The number of carbonyl (C=O) groups is 1. The minimum absolute atomic E-state index is 0.177. The Balaban J connectivity index is 1.71. The van der Waals surface area contributed by atoms with E-state index in [1.54, 1.807) is 7.11 Å². The zero-order valence-electron chi connectivity index (χ0n) is 19.5. The van der Waals surface area contributed by atoms with Gasteiger partial charge in [-0.05, 0) is 55.5 Å². The van der Waals surface area contributed by atoms with Crippen molar-refractivity contribution < 1.29 is 19.4 Å². The van der Waals surface area contributed by atoms with Crippen molar-refractivity contribution in [1.29, 1.82) is 0 Å². The summed E-state index contributed by atoms with van der Waals surface area (Å²) in [7, 11) is 1.64. The molecule has 2 atom stereocenters.